The molecular formula is C14H20N4O2S. The van der Waals surface area contributed by atoms with Crippen LogP contribution in [0.1, 0.15) is 11.1 Å². The molecule has 1 aromatic carbocycles. The molecular weight excluding hydrogens is 288 g/mol. The Hall–Kier alpha value is -1.70. The zero-order chi connectivity index (χ0) is 15.3. The summed E-state index contributed by atoms with van der Waals surface area (Å²) < 4.78 is 28.6. The van der Waals surface area contributed by atoms with Crippen LogP contribution in [0.15, 0.2) is 41.6 Å². The van der Waals surface area contributed by atoms with Crippen LogP contribution in [0.3, 0.4) is 0 Å². The summed E-state index contributed by atoms with van der Waals surface area (Å²) in [5.41, 5.74) is 1.93. The summed E-state index contributed by atoms with van der Waals surface area (Å²) in [6.07, 6.45) is 4.30. The van der Waals surface area contributed by atoms with E-state index in [0.717, 1.165) is 24.1 Å². The van der Waals surface area contributed by atoms with Gasteiger partial charge in [0, 0.05) is 25.4 Å². The van der Waals surface area contributed by atoms with Crippen molar-refractivity contribution in [1.29, 1.82) is 0 Å². The Bertz CT molecular complexity index is 677. The number of hydrogen-bond acceptors (Lipinski definition) is 4. The van der Waals surface area contributed by atoms with Gasteiger partial charge in [-0.3, -0.25) is 4.68 Å². The molecule has 0 fully saturated rings. The van der Waals surface area contributed by atoms with E-state index >= 15 is 0 Å². The molecule has 7 heteroatoms. The first kappa shape index (κ1) is 15.7. The molecule has 0 aliphatic rings. The summed E-state index contributed by atoms with van der Waals surface area (Å²) in [5, 5.41) is 7.07. The maximum absolute atomic E-state index is 12.2. The standard InChI is InChI=1S/C14H20N4O2S/c1-15-8-7-12-3-5-14(6-4-12)21(19,20)17-10-13-9-16-18(2)11-13/h3-6,9,11,15,17H,7-8,10H2,1-2H3. The van der Waals surface area contributed by atoms with Gasteiger partial charge in [0.15, 0.2) is 0 Å². The lowest BCUT2D eigenvalue weighted by Crippen LogP contribution is -2.23. The van der Waals surface area contributed by atoms with Crippen molar-refractivity contribution in [2.75, 3.05) is 13.6 Å². The normalized spacial score (nSPS) is 11.7. The molecule has 6 nitrogen and oxygen atoms in total. The minimum Gasteiger partial charge on any atom is -0.319 e. The minimum atomic E-state index is -3.49. The Morgan fingerprint density at radius 1 is 1.19 bits per heavy atom. The van der Waals surface area contributed by atoms with Crippen molar-refractivity contribution < 1.29 is 8.42 Å². The summed E-state index contributed by atoms with van der Waals surface area (Å²) in [5.74, 6) is 0. The molecule has 1 heterocycles. The second kappa shape index (κ2) is 6.84. The van der Waals surface area contributed by atoms with Crippen LogP contribution in [-0.4, -0.2) is 31.8 Å². The van der Waals surface area contributed by atoms with Crippen LogP contribution in [0.5, 0.6) is 0 Å². The van der Waals surface area contributed by atoms with E-state index < -0.39 is 10.0 Å². The second-order valence-electron chi connectivity index (χ2n) is 4.84. The quantitative estimate of drug-likeness (QED) is 0.788. The van der Waals surface area contributed by atoms with Crippen LogP contribution in [-0.2, 0) is 30.0 Å². The second-order valence-corrected chi connectivity index (χ2v) is 6.61. The average Bonchev–Trinajstić information content (AvgIpc) is 2.89. The Morgan fingerprint density at radius 2 is 1.90 bits per heavy atom. The molecule has 0 saturated carbocycles. The van der Waals surface area contributed by atoms with Crippen LogP contribution in [0.25, 0.3) is 0 Å². The maximum atomic E-state index is 12.2. The highest BCUT2D eigenvalue weighted by molar-refractivity contribution is 7.89. The third-order valence-electron chi connectivity index (χ3n) is 3.12. The number of benzene rings is 1. The van der Waals surface area contributed by atoms with Crippen molar-refractivity contribution in [3.8, 4) is 0 Å². The van der Waals surface area contributed by atoms with Crippen LogP contribution < -0.4 is 10.0 Å². The molecule has 0 aliphatic heterocycles. The van der Waals surface area contributed by atoms with Gasteiger partial charge in [-0.2, -0.15) is 5.10 Å². The molecule has 2 N–H and O–H groups in total. The SMILES string of the molecule is CNCCc1ccc(S(=O)(=O)NCc2cnn(C)c2)cc1. The molecule has 0 bridgehead atoms. The fourth-order valence-corrected chi connectivity index (χ4v) is 2.95. The fraction of sp³-hybridized carbons (Fsp3) is 0.357. The number of sulfonamides is 1. The van der Waals surface area contributed by atoms with E-state index in [-0.39, 0.29) is 11.4 Å². The lowest BCUT2D eigenvalue weighted by molar-refractivity contribution is 0.581. The van der Waals surface area contributed by atoms with E-state index in [1.54, 1.807) is 36.3 Å². The number of likely N-dealkylation sites (N-methyl/N-ethyl adjacent to an activating group) is 1. The van der Waals surface area contributed by atoms with Crippen molar-refractivity contribution in [3.63, 3.8) is 0 Å². The van der Waals surface area contributed by atoms with E-state index in [1.165, 1.54) is 0 Å². The number of nitrogens with one attached hydrogen (secondary N) is 2. The topological polar surface area (TPSA) is 76.0 Å². The molecule has 21 heavy (non-hydrogen) atoms. The Balaban J connectivity index is 2.01. The summed E-state index contributed by atoms with van der Waals surface area (Å²) in [6, 6.07) is 6.96. The van der Waals surface area contributed by atoms with Crippen molar-refractivity contribution >= 4 is 10.0 Å². The van der Waals surface area contributed by atoms with Crippen molar-refractivity contribution in [2.45, 2.75) is 17.9 Å². The van der Waals surface area contributed by atoms with Crippen molar-refractivity contribution in [1.82, 2.24) is 19.8 Å². The van der Waals surface area contributed by atoms with E-state index in [4.69, 9.17) is 0 Å². The summed E-state index contributed by atoms with van der Waals surface area (Å²) in [4.78, 5) is 0.277. The smallest absolute Gasteiger partial charge is 0.240 e. The third kappa shape index (κ3) is 4.38. The molecule has 0 saturated heterocycles. The maximum Gasteiger partial charge on any atom is 0.240 e. The molecule has 2 rings (SSSR count). The van der Waals surface area contributed by atoms with Gasteiger partial charge in [-0.1, -0.05) is 12.1 Å². The summed E-state index contributed by atoms with van der Waals surface area (Å²) in [7, 11) is 0.194. The minimum absolute atomic E-state index is 0.234. The molecule has 0 aliphatic carbocycles. The average molecular weight is 308 g/mol. The van der Waals surface area contributed by atoms with Crippen LogP contribution in [0, 0.1) is 0 Å². The number of rotatable bonds is 7. The summed E-state index contributed by atoms with van der Waals surface area (Å²) >= 11 is 0. The first-order valence-corrected chi connectivity index (χ1v) is 8.20. The van der Waals surface area contributed by atoms with E-state index in [0.29, 0.717) is 0 Å². The van der Waals surface area contributed by atoms with Crippen LogP contribution in [0.4, 0.5) is 0 Å². The van der Waals surface area contributed by atoms with Crippen molar-refractivity contribution in [2.24, 2.45) is 7.05 Å². The molecule has 0 unspecified atom stereocenters. The predicted octanol–water partition coefficient (Wildman–Crippen LogP) is 0.661. The molecule has 0 radical (unpaired) electrons. The lowest BCUT2D eigenvalue weighted by Gasteiger charge is -2.07. The Labute approximate surface area is 125 Å². The van der Waals surface area contributed by atoms with Gasteiger partial charge in [-0.15, -0.1) is 0 Å². The van der Waals surface area contributed by atoms with Gasteiger partial charge in [0.05, 0.1) is 11.1 Å². The van der Waals surface area contributed by atoms with Gasteiger partial charge in [0.2, 0.25) is 10.0 Å². The Morgan fingerprint density at radius 3 is 2.48 bits per heavy atom. The van der Waals surface area contributed by atoms with Gasteiger partial charge in [0.25, 0.3) is 0 Å². The highest BCUT2D eigenvalue weighted by atomic mass is 32.2. The van der Waals surface area contributed by atoms with Crippen LogP contribution >= 0.6 is 0 Å². The highest BCUT2D eigenvalue weighted by Gasteiger charge is 2.13. The monoisotopic (exact) mass is 308 g/mol. The largest absolute Gasteiger partial charge is 0.319 e. The molecule has 0 amide bonds. The van der Waals surface area contributed by atoms with Gasteiger partial charge in [-0.05, 0) is 37.7 Å². The van der Waals surface area contributed by atoms with E-state index in [9.17, 15) is 8.42 Å². The predicted molar refractivity (Wildman–Crippen MR) is 81.3 cm³/mol. The lowest BCUT2D eigenvalue weighted by atomic mass is 10.1. The van der Waals surface area contributed by atoms with Gasteiger partial charge < -0.3 is 5.32 Å². The van der Waals surface area contributed by atoms with Crippen LogP contribution in [0.2, 0.25) is 0 Å². The first-order valence-electron chi connectivity index (χ1n) is 6.72. The number of aromatic nitrogens is 2. The molecule has 0 spiro atoms. The number of hydrogen-bond donors (Lipinski definition) is 2. The molecule has 2 aromatic rings. The van der Waals surface area contributed by atoms with E-state index in [2.05, 4.69) is 15.1 Å². The fourth-order valence-electron chi connectivity index (χ4n) is 1.93. The van der Waals surface area contributed by atoms with E-state index in [1.807, 2.05) is 19.2 Å². The van der Waals surface area contributed by atoms with Gasteiger partial charge in [0.1, 0.15) is 0 Å². The van der Waals surface area contributed by atoms with Gasteiger partial charge >= 0.3 is 0 Å². The summed E-state index contributed by atoms with van der Waals surface area (Å²) in [6.45, 7) is 1.10. The number of nitrogens with zero attached hydrogens (tertiary/aromatic N) is 2. The third-order valence-corrected chi connectivity index (χ3v) is 4.54. The highest BCUT2D eigenvalue weighted by Crippen LogP contribution is 2.11. The molecule has 114 valence electrons. The zero-order valence-corrected chi connectivity index (χ0v) is 13.0. The first-order chi connectivity index (χ1) is 10.0. The van der Waals surface area contributed by atoms with Gasteiger partial charge in [-0.25, -0.2) is 13.1 Å². The molecule has 1 aromatic heterocycles. The number of aryl methyl sites for hydroxylation is 1. The Kier molecular flexibility index (Phi) is 5.11. The van der Waals surface area contributed by atoms with Crippen molar-refractivity contribution in [3.05, 3.63) is 47.8 Å². The zero-order valence-electron chi connectivity index (χ0n) is 12.2. The molecule has 0 atom stereocenters.